The molecule has 1 saturated heterocycles. The third-order valence-corrected chi connectivity index (χ3v) is 4.12. The van der Waals surface area contributed by atoms with Gasteiger partial charge in [0, 0.05) is 12.3 Å². The molecule has 1 aliphatic heterocycles. The third kappa shape index (κ3) is 3.29. The molecule has 2 heterocycles. The number of hydrogen-bond donors (Lipinski definition) is 0. The van der Waals surface area contributed by atoms with Gasteiger partial charge in [-0.25, -0.2) is 4.79 Å². The number of ether oxygens (including phenoxy) is 1. The van der Waals surface area contributed by atoms with Crippen LogP contribution in [0, 0.1) is 6.92 Å². The van der Waals surface area contributed by atoms with Crippen LogP contribution < -0.4 is 0 Å². The maximum atomic E-state index is 11.5. The Labute approximate surface area is 112 Å². The molecule has 0 amide bonds. The molecule has 100 valence electrons. The van der Waals surface area contributed by atoms with Gasteiger partial charge in [-0.2, -0.15) is 11.8 Å². The van der Waals surface area contributed by atoms with Crippen molar-refractivity contribution in [1.82, 2.24) is 4.90 Å². The highest BCUT2D eigenvalue weighted by molar-refractivity contribution is 7.99. The predicted molar refractivity (Wildman–Crippen MR) is 72.0 cm³/mol. The number of carbonyl (C=O) groups excluding carboxylic acids is 1. The number of aryl methyl sites for hydroxylation is 1. The highest BCUT2D eigenvalue weighted by Crippen LogP contribution is 2.19. The van der Waals surface area contributed by atoms with E-state index >= 15 is 0 Å². The van der Waals surface area contributed by atoms with E-state index in [0.717, 1.165) is 25.4 Å². The summed E-state index contributed by atoms with van der Waals surface area (Å²) in [5, 5.41) is 0. The summed E-state index contributed by atoms with van der Waals surface area (Å²) >= 11 is 2.00. The summed E-state index contributed by atoms with van der Waals surface area (Å²) in [5.41, 5.74) is 0.539. The van der Waals surface area contributed by atoms with Crippen molar-refractivity contribution in [2.45, 2.75) is 19.9 Å². The van der Waals surface area contributed by atoms with Gasteiger partial charge in [0.1, 0.15) is 17.1 Å². The average molecular weight is 269 g/mol. The number of carbonyl (C=O) groups is 1. The molecule has 0 aliphatic carbocycles. The van der Waals surface area contributed by atoms with Crippen LogP contribution in [0.15, 0.2) is 10.5 Å². The monoisotopic (exact) mass is 269 g/mol. The van der Waals surface area contributed by atoms with Gasteiger partial charge in [-0.05, 0) is 31.7 Å². The van der Waals surface area contributed by atoms with Crippen LogP contribution >= 0.6 is 11.8 Å². The SMILES string of the molecule is COC(=O)c1cc(CN2CCCSCC2)oc1C. The zero-order valence-electron chi connectivity index (χ0n) is 10.9. The van der Waals surface area contributed by atoms with E-state index in [1.165, 1.54) is 25.0 Å². The van der Waals surface area contributed by atoms with Crippen LogP contribution in [0.5, 0.6) is 0 Å². The first-order chi connectivity index (χ1) is 8.70. The van der Waals surface area contributed by atoms with Crippen molar-refractivity contribution in [3.05, 3.63) is 23.2 Å². The highest BCUT2D eigenvalue weighted by atomic mass is 32.2. The van der Waals surface area contributed by atoms with E-state index in [9.17, 15) is 4.79 Å². The average Bonchev–Trinajstić information content (AvgIpc) is 2.57. The summed E-state index contributed by atoms with van der Waals surface area (Å²) in [5.74, 6) is 3.57. The lowest BCUT2D eigenvalue weighted by Crippen LogP contribution is -2.25. The van der Waals surface area contributed by atoms with Crippen LogP contribution in [0.3, 0.4) is 0 Å². The van der Waals surface area contributed by atoms with Crippen molar-refractivity contribution in [1.29, 1.82) is 0 Å². The van der Waals surface area contributed by atoms with Gasteiger partial charge in [0.25, 0.3) is 0 Å². The van der Waals surface area contributed by atoms with E-state index in [0.29, 0.717) is 11.3 Å². The normalized spacial score (nSPS) is 17.4. The van der Waals surface area contributed by atoms with Gasteiger partial charge in [0.2, 0.25) is 0 Å². The van der Waals surface area contributed by atoms with E-state index in [1.807, 2.05) is 11.8 Å². The molecule has 5 heteroatoms. The van der Waals surface area contributed by atoms with Gasteiger partial charge < -0.3 is 9.15 Å². The molecule has 1 aromatic rings. The maximum absolute atomic E-state index is 11.5. The Morgan fingerprint density at radius 1 is 1.50 bits per heavy atom. The maximum Gasteiger partial charge on any atom is 0.341 e. The molecule has 0 atom stereocenters. The van der Waals surface area contributed by atoms with E-state index in [-0.39, 0.29) is 5.97 Å². The summed E-state index contributed by atoms with van der Waals surface area (Å²) in [6, 6.07) is 1.80. The number of nitrogens with zero attached hydrogens (tertiary/aromatic N) is 1. The van der Waals surface area contributed by atoms with E-state index < -0.39 is 0 Å². The summed E-state index contributed by atoms with van der Waals surface area (Å²) in [7, 11) is 1.39. The molecule has 0 aromatic carbocycles. The molecule has 0 N–H and O–H groups in total. The Balaban J connectivity index is 2.02. The summed E-state index contributed by atoms with van der Waals surface area (Å²) in [6.07, 6.45) is 1.22. The fourth-order valence-electron chi connectivity index (χ4n) is 2.11. The van der Waals surface area contributed by atoms with Crippen molar-refractivity contribution in [2.24, 2.45) is 0 Å². The number of hydrogen-bond acceptors (Lipinski definition) is 5. The minimum atomic E-state index is -0.325. The fraction of sp³-hybridized carbons (Fsp3) is 0.615. The van der Waals surface area contributed by atoms with Crippen LogP contribution in [0.25, 0.3) is 0 Å². The highest BCUT2D eigenvalue weighted by Gasteiger charge is 2.17. The Bertz CT molecular complexity index is 408. The van der Waals surface area contributed by atoms with Gasteiger partial charge in [-0.15, -0.1) is 0 Å². The smallest absolute Gasteiger partial charge is 0.341 e. The molecule has 0 spiro atoms. The Kier molecular flexibility index (Phi) is 4.72. The minimum Gasteiger partial charge on any atom is -0.465 e. The molecule has 0 bridgehead atoms. The molecular formula is C13H19NO3S. The molecule has 1 aliphatic rings. The molecule has 1 fully saturated rings. The van der Waals surface area contributed by atoms with Crippen molar-refractivity contribution in [3.63, 3.8) is 0 Å². The zero-order chi connectivity index (χ0) is 13.0. The Hall–Kier alpha value is -0.940. The van der Waals surface area contributed by atoms with Crippen molar-refractivity contribution in [3.8, 4) is 0 Å². The van der Waals surface area contributed by atoms with Gasteiger partial charge in [0.05, 0.1) is 13.7 Å². The standard InChI is InChI=1S/C13H19NO3S/c1-10-12(13(15)16-2)8-11(17-10)9-14-4-3-6-18-7-5-14/h8H,3-7,9H2,1-2H3. The van der Waals surface area contributed by atoms with Gasteiger partial charge in [-0.1, -0.05) is 0 Å². The van der Waals surface area contributed by atoms with E-state index in [1.54, 1.807) is 13.0 Å². The summed E-state index contributed by atoms with van der Waals surface area (Å²) in [6.45, 7) is 4.75. The molecule has 18 heavy (non-hydrogen) atoms. The van der Waals surface area contributed by atoms with Crippen LogP contribution in [0.1, 0.15) is 28.3 Å². The predicted octanol–water partition coefficient (Wildman–Crippen LogP) is 2.31. The summed E-state index contributed by atoms with van der Waals surface area (Å²) in [4.78, 5) is 13.9. The first-order valence-corrected chi connectivity index (χ1v) is 7.34. The number of methoxy groups -OCH3 is 1. The zero-order valence-corrected chi connectivity index (χ0v) is 11.7. The van der Waals surface area contributed by atoms with Gasteiger partial charge in [0.15, 0.2) is 0 Å². The quantitative estimate of drug-likeness (QED) is 0.788. The molecule has 0 radical (unpaired) electrons. The van der Waals surface area contributed by atoms with E-state index in [2.05, 4.69) is 4.90 Å². The Morgan fingerprint density at radius 3 is 3.11 bits per heavy atom. The first kappa shape index (κ1) is 13.5. The van der Waals surface area contributed by atoms with Crippen molar-refractivity contribution >= 4 is 17.7 Å². The minimum absolute atomic E-state index is 0.325. The fourth-order valence-corrected chi connectivity index (χ4v) is 3.04. The second kappa shape index (κ2) is 6.29. The topological polar surface area (TPSA) is 42.7 Å². The van der Waals surface area contributed by atoms with Gasteiger partial charge in [-0.3, -0.25) is 4.90 Å². The number of furan rings is 1. The number of esters is 1. The lowest BCUT2D eigenvalue weighted by atomic mass is 10.2. The second-order valence-electron chi connectivity index (χ2n) is 4.42. The van der Waals surface area contributed by atoms with Gasteiger partial charge >= 0.3 is 5.97 Å². The molecule has 4 nitrogen and oxygen atoms in total. The lowest BCUT2D eigenvalue weighted by Gasteiger charge is -2.17. The van der Waals surface area contributed by atoms with Crippen LogP contribution in [-0.2, 0) is 11.3 Å². The molecule has 2 rings (SSSR count). The summed E-state index contributed by atoms with van der Waals surface area (Å²) < 4.78 is 10.4. The number of rotatable bonds is 3. The van der Waals surface area contributed by atoms with Crippen LogP contribution in [0.2, 0.25) is 0 Å². The van der Waals surface area contributed by atoms with E-state index in [4.69, 9.17) is 9.15 Å². The second-order valence-corrected chi connectivity index (χ2v) is 5.64. The Morgan fingerprint density at radius 2 is 2.33 bits per heavy atom. The first-order valence-electron chi connectivity index (χ1n) is 6.18. The van der Waals surface area contributed by atoms with Crippen LogP contribution in [0.4, 0.5) is 0 Å². The molecule has 0 saturated carbocycles. The van der Waals surface area contributed by atoms with Crippen LogP contribution in [-0.4, -0.2) is 42.6 Å². The molecule has 1 aromatic heterocycles. The largest absolute Gasteiger partial charge is 0.465 e. The van der Waals surface area contributed by atoms with Crippen molar-refractivity contribution < 1.29 is 13.9 Å². The number of thioether (sulfide) groups is 1. The third-order valence-electron chi connectivity index (χ3n) is 3.07. The lowest BCUT2D eigenvalue weighted by molar-refractivity contribution is 0.0599. The molecular weight excluding hydrogens is 250 g/mol. The van der Waals surface area contributed by atoms with Crippen molar-refractivity contribution in [2.75, 3.05) is 31.7 Å². The molecule has 0 unspecified atom stereocenters.